The van der Waals surface area contributed by atoms with Crippen LogP contribution in [0.4, 0.5) is 11.4 Å². The van der Waals surface area contributed by atoms with Gasteiger partial charge < -0.3 is 10.3 Å². The zero-order valence-electron chi connectivity index (χ0n) is 17.5. The zero-order chi connectivity index (χ0) is 21.5. The second-order valence-electron chi connectivity index (χ2n) is 7.91. The Morgan fingerprint density at radius 1 is 0.844 bits per heavy atom. The highest BCUT2D eigenvalue weighted by Gasteiger charge is 2.08. The first-order valence-corrected chi connectivity index (χ1v) is 11.4. The van der Waals surface area contributed by atoms with Gasteiger partial charge in [0, 0.05) is 56.7 Å². The van der Waals surface area contributed by atoms with Gasteiger partial charge in [0.2, 0.25) is 0 Å². The van der Waals surface area contributed by atoms with Crippen LogP contribution in [-0.4, -0.2) is 15.0 Å². The Bertz CT molecular complexity index is 1560. The standard InChI is InChI=1S/C27H20N4S/c1-17-3-2-4-18(13-17)25-16-20-14-21(6-8-23(20)31-25)30-24-9-10-28-26-15-19(5-7-22(24)26)27-29-11-12-32-27/h2-16,31H,1H3,(H,28,30). The Labute approximate surface area is 189 Å². The molecule has 2 N–H and O–H groups in total. The van der Waals surface area contributed by atoms with E-state index in [4.69, 9.17) is 0 Å². The fourth-order valence-electron chi connectivity index (χ4n) is 4.09. The van der Waals surface area contributed by atoms with Crippen molar-refractivity contribution in [3.05, 3.63) is 96.1 Å². The lowest BCUT2D eigenvalue weighted by Crippen LogP contribution is -1.93. The third kappa shape index (κ3) is 3.43. The van der Waals surface area contributed by atoms with Crippen molar-refractivity contribution in [2.24, 2.45) is 0 Å². The van der Waals surface area contributed by atoms with Crippen molar-refractivity contribution in [1.82, 2.24) is 15.0 Å². The quantitative estimate of drug-likeness (QED) is 0.302. The monoisotopic (exact) mass is 432 g/mol. The molecule has 0 saturated carbocycles. The summed E-state index contributed by atoms with van der Waals surface area (Å²) < 4.78 is 0. The predicted octanol–water partition coefficient (Wildman–Crippen LogP) is 7.56. The topological polar surface area (TPSA) is 53.6 Å². The lowest BCUT2D eigenvalue weighted by atomic mass is 10.1. The summed E-state index contributed by atoms with van der Waals surface area (Å²) in [5.74, 6) is 0. The molecule has 0 spiro atoms. The first-order chi connectivity index (χ1) is 15.7. The highest BCUT2D eigenvalue weighted by molar-refractivity contribution is 7.13. The molecule has 0 unspecified atom stereocenters. The van der Waals surface area contributed by atoms with Gasteiger partial charge in [-0.05, 0) is 55.0 Å². The maximum Gasteiger partial charge on any atom is 0.123 e. The van der Waals surface area contributed by atoms with Gasteiger partial charge in [-0.25, -0.2) is 4.98 Å². The summed E-state index contributed by atoms with van der Waals surface area (Å²) in [6.45, 7) is 2.12. The average Bonchev–Trinajstić information content (AvgIpc) is 3.49. The molecule has 0 aliphatic carbocycles. The summed E-state index contributed by atoms with van der Waals surface area (Å²) in [4.78, 5) is 12.5. The van der Waals surface area contributed by atoms with Gasteiger partial charge in [-0.15, -0.1) is 11.3 Å². The zero-order valence-corrected chi connectivity index (χ0v) is 18.3. The van der Waals surface area contributed by atoms with Gasteiger partial charge in [0.25, 0.3) is 0 Å². The second kappa shape index (κ2) is 7.62. The van der Waals surface area contributed by atoms with Crippen LogP contribution >= 0.6 is 11.3 Å². The van der Waals surface area contributed by atoms with Gasteiger partial charge in [0.05, 0.1) is 5.52 Å². The first kappa shape index (κ1) is 18.8. The van der Waals surface area contributed by atoms with Crippen LogP contribution in [-0.2, 0) is 0 Å². The summed E-state index contributed by atoms with van der Waals surface area (Å²) in [6.07, 6.45) is 3.68. The molecule has 6 aromatic rings. The number of pyridine rings is 1. The summed E-state index contributed by atoms with van der Waals surface area (Å²) in [7, 11) is 0. The average molecular weight is 433 g/mol. The largest absolute Gasteiger partial charge is 0.355 e. The van der Waals surface area contributed by atoms with Crippen LogP contribution in [0.2, 0.25) is 0 Å². The third-order valence-electron chi connectivity index (χ3n) is 5.65. The van der Waals surface area contributed by atoms with E-state index in [1.54, 1.807) is 11.3 Å². The maximum atomic E-state index is 4.58. The van der Waals surface area contributed by atoms with E-state index in [-0.39, 0.29) is 0 Å². The minimum atomic E-state index is 0.951. The number of hydrogen-bond acceptors (Lipinski definition) is 4. The van der Waals surface area contributed by atoms with Crippen LogP contribution in [0.1, 0.15) is 5.56 Å². The fourth-order valence-corrected chi connectivity index (χ4v) is 4.73. The minimum Gasteiger partial charge on any atom is -0.355 e. The van der Waals surface area contributed by atoms with Gasteiger partial charge in [0.15, 0.2) is 0 Å². The minimum absolute atomic E-state index is 0.951. The van der Waals surface area contributed by atoms with Gasteiger partial charge in [-0.1, -0.05) is 35.9 Å². The number of aromatic nitrogens is 3. The number of thiazole rings is 1. The molecule has 6 rings (SSSR count). The molecule has 32 heavy (non-hydrogen) atoms. The Morgan fingerprint density at radius 2 is 1.81 bits per heavy atom. The van der Waals surface area contributed by atoms with Gasteiger partial charge in [-0.3, -0.25) is 4.98 Å². The molecule has 5 heteroatoms. The Hall–Kier alpha value is -3.96. The molecule has 4 nitrogen and oxygen atoms in total. The van der Waals surface area contributed by atoms with Crippen LogP contribution in [0.5, 0.6) is 0 Å². The summed E-state index contributed by atoms with van der Waals surface area (Å²) in [5, 5.41) is 8.85. The Kier molecular flexibility index (Phi) is 4.47. The van der Waals surface area contributed by atoms with Crippen molar-refractivity contribution in [2.75, 3.05) is 5.32 Å². The van der Waals surface area contributed by atoms with E-state index in [0.29, 0.717) is 0 Å². The van der Waals surface area contributed by atoms with E-state index in [1.165, 1.54) is 16.5 Å². The molecule has 0 fully saturated rings. The fraction of sp³-hybridized carbons (Fsp3) is 0.0370. The molecule has 3 aromatic carbocycles. The first-order valence-electron chi connectivity index (χ1n) is 10.5. The number of aromatic amines is 1. The van der Waals surface area contributed by atoms with Crippen molar-refractivity contribution >= 4 is 44.5 Å². The third-order valence-corrected chi connectivity index (χ3v) is 6.47. The normalized spacial score (nSPS) is 11.3. The number of nitrogens with one attached hydrogen (secondary N) is 2. The second-order valence-corrected chi connectivity index (χ2v) is 8.80. The number of H-pyrrole nitrogens is 1. The van der Waals surface area contributed by atoms with E-state index in [9.17, 15) is 0 Å². The molecule has 0 amide bonds. The van der Waals surface area contributed by atoms with E-state index < -0.39 is 0 Å². The molecule has 0 aliphatic heterocycles. The van der Waals surface area contributed by atoms with E-state index in [2.05, 4.69) is 93.9 Å². The number of fused-ring (bicyclic) bond motifs is 2. The lowest BCUT2D eigenvalue weighted by Gasteiger charge is -2.10. The van der Waals surface area contributed by atoms with Crippen molar-refractivity contribution in [3.63, 3.8) is 0 Å². The molecular formula is C27H20N4S. The molecule has 0 saturated heterocycles. The number of aryl methyl sites for hydroxylation is 1. The Morgan fingerprint density at radius 3 is 2.69 bits per heavy atom. The SMILES string of the molecule is Cc1cccc(-c2cc3cc(Nc4ccnc5cc(-c6nccs6)ccc45)ccc3[nH]2)c1. The van der Waals surface area contributed by atoms with Crippen molar-refractivity contribution in [3.8, 4) is 21.8 Å². The van der Waals surface area contributed by atoms with Crippen molar-refractivity contribution in [2.45, 2.75) is 6.92 Å². The van der Waals surface area contributed by atoms with E-state index in [0.717, 1.165) is 44.1 Å². The molecule has 0 radical (unpaired) electrons. The summed E-state index contributed by atoms with van der Waals surface area (Å²) >= 11 is 1.64. The highest BCUT2D eigenvalue weighted by atomic mass is 32.1. The van der Waals surface area contributed by atoms with Crippen LogP contribution in [0, 0.1) is 6.92 Å². The highest BCUT2D eigenvalue weighted by Crippen LogP contribution is 2.32. The predicted molar refractivity (Wildman–Crippen MR) is 135 cm³/mol. The van der Waals surface area contributed by atoms with Gasteiger partial charge >= 0.3 is 0 Å². The Balaban J connectivity index is 1.34. The molecule has 3 heterocycles. The maximum absolute atomic E-state index is 4.58. The van der Waals surface area contributed by atoms with Crippen molar-refractivity contribution in [1.29, 1.82) is 0 Å². The van der Waals surface area contributed by atoms with Crippen molar-refractivity contribution < 1.29 is 0 Å². The molecule has 0 bridgehead atoms. The van der Waals surface area contributed by atoms with Crippen LogP contribution < -0.4 is 5.32 Å². The smallest absolute Gasteiger partial charge is 0.123 e. The van der Waals surface area contributed by atoms with Gasteiger partial charge in [0.1, 0.15) is 5.01 Å². The number of hydrogen-bond donors (Lipinski definition) is 2. The van der Waals surface area contributed by atoms with Crippen LogP contribution in [0.25, 0.3) is 43.6 Å². The molecule has 0 atom stereocenters. The van der Waals surface area contributed by atoms with Gasteiger partial charge in [-0.2, -0.15) is 0 Å². The van der Waals surface area contributed by atoms with E-state index >= 15 is 0 Å². The number of rotatable bonds is 4. The molecular weight excluding hydrogens is 412 g/mol. The summed E-state index contributed by atoms with van der Waals surface area (Å²) in [5.41, 5.74) is 8.84. The molecule has 154 valence electrons. The molecule has 3 aromatic heterocycles. The lowest BCUT2D eigenvalue weighted by molar-refractivity contribution is 1.39. The molecule has 0 aliphatic rings. The van der Waals surface area contributed by atoms with Crippen LogP contribution in [0.3, 0.4) is 0 Å². The van der Waals surface area contributed by atoms with E-state index in [1.807, 2.05) is 23.8 Å². The number of anilines is 2. The van der Waals surface area contributed by atoms with Crippen LogP contribution in [0.15, 0.2) is 90.6 Å². The number of benzene rings is 3. The summed E-state index contributed by atoms with van der Waals surface area (Å²) in [6, 6.07) is 25.5. The number of nitrogens with zero attached hydrogens (tertiary/aromatic N) is 2.